The Kier molecular flexibility index (Phi) is 5.25. The summed E-state index contributed by atoms with van der Waals surface area (Å²) in [5.74, 6) is -1.20. The van der Waals surface area contributed by atoms with Gasteiger partial charge in [-0.3, -0.25) is 9.59 Å². The van der Waals surface area contributed by atoms with Crippen LogP contribution in [0.5, 0.6) is 0 Å². The maximum absolute atomic E-state index is 11.6. The molecule has 1 atom stereocenters. The highest BCUT2D eigenvalue weighted by Crippen LogP contribution is 2.16. The van der Waals surface area contributed by atoms with Crippen molar-refractivity contribution in [1.29, 1.82) is 0 Å². The quantitative estimate of drug-likeness (QED) is 0.682. The first-order valence-electron chi connectivity index (χ1n) is 5.73. The Morgan fingerprint density at radius 1 is 1.44 bits per heavy atom. The maximum atomic E-state index is 11.6. The van der Waals surface area contributed by atoms with Gasteiger partial charge in [-0.1, -0.05) is 6.92 Å². The van der Waals surface area contributed by atoms with E-state index < -0.39 is 5.97 Å². The van der Waals surface area contributed by atoms with Crippen molar-refractivity contribution in [3.63, 3.8) is 0 Å². The van der Waals surface area contributed by atoms with Crippen LogP contribution in [-0.2, 0) is 14.3 Å². The first-order valence-corrected chi connectivity index (χ1v) is 5.73. The predicted molar refractivity (Wildman–Crippen MR) is 58.0 cm³/mol. The molecule has 1 fully saturated rings. The molecule has 16 heavy (non-hydrogen) atoms. The third-order valence-corrected chi connectivity index (χ3v) is 2.70. The van der Waals surface area contributed by atoms with E-state index in [-0.39, 0.29) is 11.8 Å². The van der Waals surface area contributed by atoms with Crippen LogP contribution in [0.3, 0.4) is 0 Å². The summed E-state index contributed by atoms with van der Waals surface area (Å²) in [7, 11) is 0. The number of carboxylic acid groups (broad SMARTS) is 1. The van der Waals surface area contributed by atoms with E-state index in [1.165, 1.54) is 0 Å². The molecular formula is C11H19NO4. The molecule has 0 bridgehead atoms. The average Bonchev–Trinajstić information content (AvgIpc) is 2.73. The Hall–Kier alpha value is -1.10. The van der Waals surface area contributed by atoms with Gasteiger partial charge in [0.2, 0.25) is 5.91 Å². The number of hydrogen-bond acceptors (Lipinski definition) is 3. The lowest BCUT2D eigenvalue weighted by atomic mass is 10.1. The zero-order chi connectivity index (χ0) is 12.0. The lowest BCUT2D eigenvalue weighted by Crippen LogP contribution is -2.30. The topological polar surface area (TPSA) is 66.8 Å². The van der Waals surface area contributed by atoms with Gasteiger partial charge in [-0.05, 0) is 12.8 Å². The van der Waals surface area contributed by atoms with Gasteiger partial charge in [-0.25, -0.2) is 0 Å². The van der Waals surface area contributed by atoms with Gasteiger partial charge in [-0.15, -0.1) is 0 Å². The van der Waals surface area contributed by atoms with E-state index in [9.17, 15) is 9.59 Å². The van der Waals surface area contributed by atoms with Gasteiger partial charge in [0.25, 0.3) is 0 Å². The molecular weight excluding hydrogens is 210 g/mol. The van der Waals surface area contributed by atoms with Crippen molar-refractivity contribution in [3.05, 3.63) is 0 Å². The van der Waals surface area contributed by atoms with E-state index >= 15 is 0 Å². The molecule has 1 aliphatic rings. The molecule has 0 aromatic rings. The molecule has 1 aliphatic heterocycles. The summed E-state index contributed by atoms with van der Waals surface area (Å²) in [5, 5.41) is 8.80. The van der Waals surface area contributed by atoms with Crippen LogP contribution >= 0.6 is 0 Å². The number of hydrogen-bond donors (Lipinski definition) is 1. The summed E-state index contributed by atoms with van der Waals surface area (Å²) in [4.78, 5) is 24.0. The average molecular weight is 229 g/mol. The largest absolute Gasteiger partial charge is 0.481 e. The summed E-state index contributed by atoms with van der Waals surface area (Å²) in [6.07, 6.45) is 1.86. The Balaban J connectivity index is 2.20. The molecule has 0 aromatic heterocycles. The molecule has 1 rings (SSSR count). The SMILES string of the molecule is CCCOCCC(=O)N1CCC(C(=O)O)C1. The fourth-order valence-corrected chi connectivity index (χ4v) is 1.75. The highest BCUT2D eigenvalue weighted by molar-refractivity contribution is 5.78. The third-order valence-electron chi connectivity index (χ3n) is 2.70. The Labute approximate surface area is 95.4 Å². The van der Waals surface area contributed by atoms with E-state index in [0.717, 1.165) is 6.42 Å². The van der Waals surface area contributed by atoms with Crippen LogP contribution in [0.2, 0.25) is 0 Å². The molecule has 5 nitrogen and oxygen atoms in total. The number of carbonyl (C=O) groups excluding carboxylic acids is 1. The standard InChI is InChI=1S/C11H19NO4/c1-2-6-16-7-4-10(13)12-5-3-9(8-12)11(14)15/h9H,2-8H2,1H3,(H,14,15). The number of carboxylic acids is 1. The van der Waals surface area contributed by atoms with E-state index in [2.05, 4.69) is 0 Å². The monoisotopic (exact) mass is 229 g/mol. The highest BCUT2D eigenvalue weighted by atomic mass is 16.5. The first kappa shape index (κ1) is 13.0. The second kappa shape index (κ2) is 6.48. The predicted octanol–water partition coefficient (Wildman–Crippen LogP) is 0.736. The van der Waals surface area contributed by atoms with E-state index in [4.69, 9.17) is 9.84 Å². The molecule has 0 radical (unpaired) electrons. The molecule has 0 aromatic carbocycles. The number of likely N-dealkylation sites (tertiary alicyclic amines) is 1. The van der Waals surface area contributed by atoms with E-state index in [0.29, 0.717) is 39.1 Å². The maximum Gasteiger partial charge on any atom is 0.308 e. The summed E-state index contributed by atoms with van der Waals surface area (Å²) in [6.45, 7) is 4.03. The third kappa shape index (κ3) is 3.81. The Morgan fingerprint density at radius 2 is 2.19 bits per heavy atom. The van der Waals surface area contributed by atoms with Crippen molar-refractivity contribution in [2.24, 2.45) is 5.92 Å². The van der Waals surface area contributed by atoms with Gasteiger partial charge in [0, 0.05) is 19.7 Å². The number of rotatable bonds is 6. The van der Waals surface area contributed by atoms with Crippen LogP contribution in [0.15, 0.2) is 0 Å². The summed E-state index contributed by atoms with van der Waals surface area (Å²) in [6, 6.07) is 0. The number of amides is 1. The van der Waals surface area contributed by atoms with Crippen LogP contribution in [-0.4, -0.2) is 48.2 Å². The molecule has 1 N–H and O–H groups in total. The van der Waals surface area contributed by atoms with Crippen molar-refractivity contribution in [2.45, 2.75) is 26.2 Å². The van der Waals surface area contributed by atoms with E-state index in [1.807, 2.05) is 6.92 Å². The van der Waals surface area contributed by atoms with Gasteiger partial charge in [0.1, 0.15) is 0 Å². The molecule has 0 saturated carbocycles. The normalized spacial score (nSPS) is 20.1. The zero-order valence-electron chi connectivity index (χ0n) is 9.65. The summed E-state index contributed by atoms with van der Waals surface area (Å²) in [5.41, 5.74) is 0. The molecule has 0 aliphatic carbocycles. The van der Waals surface area contributed by atoms with Gasteiger partial charge >= 0.3 is 5.97 Å². The number of nitrogens with zero attached hydrogens (tertiary/aromatic N) is 1. The fourth-order valence-electron chi connectivity index (χ4n) is 1.75. The number of carbonyl (C=O) groups is 2. The highest BCUT2D eigenvalue weighted by Gasteiger charge is 2.30. The first-order chi connectivity index (χ1) is 7.65. The minimum Gasteiger partial charge on any atom is -0.481 e. The second-order valence-corrected chi connectivity index (χ2v) is 4.03. The van der Waals surface area contributed by atoms with Gasteiger partial charge < -0.3 is 14.7 Å². The smallest absolute Gasteiger partial charge is 0.308 e. The second-order valence-electron chi connectivity index (χ2n) is 4.03. The van der Waals surface area contributed by atoms with Crippen LogP contribution < -0.4 is 0 Å². The van der Waals surface area contributed by atoms with Crippen LogP contribution in [0.25, 0.3) is 0 Å². The molecule has 1 saturated heterocycles. The van der Waals surface area contributed by atoms with Crippen molar-refractivity contribution in [2.75, 3.05) is 26.3 Å². The molecule has 1 unspecified atom stereocenters. The lowest BCUT2D eigenvalue weighted by Gasteiger charge is -2.15. The van der Waals surface area contributed by atoms with Crippen molar-refractivity contribution in [1.82, 2.24) is 4.90 Å². The van der Waals surface area contributed by atoms with Gasteiger partial charge in [-0.2, -0.15) is 0 Å². The Morgan fingerprint density at radius 3 is 2.75 bits per heavy atom. The molecule has 1 heterocycles. The Bertz CT molecular complexity index is 254. The zero-order valence-corrected chi connectivity index (χ0v) is 9.65. The van der Waals surface area contributed by atoms with Crippen molar-refractivity contribution < 1.29 is 19.4 Å². The lowest BCUT2D eigenvalue weighted by molar-refractivity contribution is -0.141. The number of aliphatic carboxylic acids is 1. The number of ether oxygens (including phenoxy) is 1. The molecule has 0 spiro atoms. The summed E-state index contributed by atoms with van der Waals surface area (Å²) >= 11 is 0. The van der Waals surface area contributed by atoms with Crippen molar-refractivity contribution >= 4 is 11.9 Å². The summed E-state index contributed by atoms with van der Waals surface area (Å²) < 4.78 is 5.22. The van der Waals surface area contributed by atoms with Crippen LogP contribution in [0.4, 0.5) is 0 Å². The van der Waals surface area contributed by atoms with E-state index in [1.54, 1.807) is 4.90 Å². The van der Waals surface area contributed by atoms with Crippen LogP contribution in [0.1, 0.15) is 26.2 Å². The minimum absolute atomic E-state index is 0.000136. The van der Waals surface area contributed by atoms with Gasteiger partial charge in [0.15, 0.2) is 0 Å². The fraction of sp³-hybridized carbons (Fsp3) is 0.818. The molecule has 92 valence electrons. The molecule has 1 amide bonds. The molecule has 5 heteroatoms. The van der Waals surface area contributed by atoms with Crippen molar-refractivity contribution in [3.8, 4) is 0 Å². The van der Waals surface area contributed by atoms with Crippen LogP contribution in [0, 0.1) is 5.92 Å². The minimum atomic E-state index is -0.808. The van der Waals surface area contributed by atoms with Gasteiger partial charge in [0.05, 0.1) is 18.9 Å².